The maximum atomic E-state index is 12.8. The van der Waals surface area contributed by atoms with Gasteiger partial charge in [-0.2, -0.15) is 13.2 Å². The van der Waals surface area contributed by atoms with Crippen LogP contribution in [0.1, 0.15) is 50.3 Å². The van der Waals surface area contributed by atoms with Crippen molar-refractivity contribution < 1.29 is 17.9 Å². The van der Waals surface area contributed by atoms with E-state index in [1.54, 1.807) is 0 Å². The molecule has 0 fully saturated rings. The number of halogens is 3. The highest BCUT2D eigenvalue weighted by Gasteiger charge is 2.30. The molecule has 0 saturated carbocycles. The third kappa shape index (κ3) is 6.90. The van der Waals surface area contributed by atoms with E-state index in [-0.39, 0.29) is 6.10 Å². The Kier molecular flexibility index (Phi) is 8.17. The van der Waals surface area contributed by atoms with E-state index in [0.29, 0.717) is 5.75 Å². The molecule has 0 heterocycles. The second kappa shape index (κ2) is 10.4. The number of ether oxygens (including phenoxy) is 1. The largest absolute Gasteiger partial charge is 0.486 e. The Balaban J connectivity index is 2.09. The Labute approximate surface area is 160 Å². The van der Waals surface area contributed by atoms with Crippen molar-refractivity contribution in [2.45, 2.75) is 45.4 Å². The van der Waals surface area contributed by atoms with Crippen LogP contribution in [0.15, 0.2) is 54.6 Å². The van der Waals surface area contributed by atoms with Gasteiger partial charge in [-0.3, -0.25) is 0 Å². The molecule has 0 aromatic heterocycles. The lowest BCUT2D eigenvalue weighted by atomic mass is 10.1. The summed E-state index contributed by atoms with van der Waals surface area (Å²) in [5, 5.41) is 0. The molecule has 0 aliphatic carbocycles. The van der Waals surface area contributed by atoms with Crippen molar-refractivity contribution in [2.24, 2.45) is 0 Å². The van der Waals surface area contributed by atoms with Gasteiger partial charge in [0.25, 0.3) is 0 Å². The van der Waals surface area contributed by atoms with Gasteiger partial charge >= 0.3 is 6.18 Å². The number of hydrogen-bond acceptors (Lipinski definition) is 2. The van der Waals surface area contributed by atoms with Crippen LogP contribution < -0.4 is 4.74 Å². The molecule has 0 aliphatic heterocycles. The zero-order valence-electron chi connectivity index (χ0n) is 16.0. The first-order valence-corrected chi connectivity index (χ1v) is 9.55. The number of nitrogens with zero attached hydrogens (tertiary/aromatic N) is 1. The number of unbranched alkanes of at least 4 members (excludes halogenated alkanes) is 1. The molecule has 2 aromatic rings. The van der Waals surface area contributed by atoms with E-state index < -0.39 is 11.7 Å². The Bertz CT molecular complexity index is 656. The molecule has 0 radical (unpaired) electrons. The van der Waals surface area contributed by atoms with E-state index in [1.165, 1.54) is 12.1 Å². The molecule has 2 nitrogen and oxygen atoms in total. The Morgan fingerprint density at radius 1 is 0.926 bits per heavy atom. The summed E-state index contributed by atoms with van der Waals surface area (Å²) < 4.78 is 44.3. The Morgan fingerprint density at radius 2 is 1.59 bits per heavy atom. The van der Waals surface area contributed by atoms with Crippen LogP contribution in [0.5, 0.6) is 5.75 Å². The highest BCUT2D eigenvalue weighted by Crippen LogP contribution is 2.32. The van der Waals surface area contributed by atoms with Gasteiger partial charge in [0.05, 0.1) is 5.56 Å². The second-order valence-corrected chi connectivity index (χ2v) is 6.62. The molecule has 1 unspecified atom stereocenters. The number of hydrogen-bond donors (Lipinski definition) is 0. The van der Waals surface area contributed by atoms with Crippen LogP contribution in [0.25, 0.3) is 0 Å². The molecule has 0 spiro atoms. The van der Waals surface area contributed by atoms with Crippen molar-refractivity contribution in [1.82, 2.24) is 4.90 Å². The average molecular weight is 379 g/mol. The van der Waals surface area contributed by atoms with Crippen molar-refractivity contribution in [2.75, 3.05) is 19.6 Å². The second-order valence-electron chi connectivity index (χ2n) is 6.62. The zero-order valence-corrected chi connectivity index (χ0v) is 16.0. The topological polar surface area (TPSA) is 12.5 Å². The fourth-order valence-electron chi connectivity index (χ4n) is 2.96. The summed E-state index contributed by atoms with van der Waals surface area (Å²) >= 11 is 0. The highest BCUT2D eigenvalue weighted by molar-refractivity contribution is 5.30. The number of rotatable bonds is 10. The van der Waals surface area contributed by atoms with Gasteiger partial charge in [0, 0.05) is 13.0 Å². The zero-order chi connectivity index (χ0) is 19.7. The summed E-state index contributed by atoms with van der Waals surface area (Å²) in [7, 11) is 0. The normalized spacial score (nSPS) is 13.0. The summed E-state index contributed by atoms with van der Waals surface area (Å²) in [5.74, 6) is 0.452. The average Bonchev–Trinajstić information content (AvgIpc) is 2.67. The van der Waals surface area contributed by atoms with Crippen LogP contribution in [-0.2, 0) is 6.18 Å². The van der Waals surface area contributed by atoms with E-state index in [2.05, 4.69) is 18.7 Å². The van der Waals surface area contributed by atoms with Gasteiger partial charge < -0.3 is 9.64 Å². The van der Waals surface area contributed by atoms with Crippen molar-refractivity contribution in [3.8, 4) is 5.75 Å². The minimum absolute atomic E-state index is 0.196. The first-order valence-electron chi connectivity index (χ1n) is 9.55. The molecule has 0 aliphatic rings. The fraction of sp³-hybridized carbons (Fsp3) is 0.455. The summed E-state index contributed by atoms with van der Waals surface area (Å²) in [5.41, 5.74) is 0.367. The van der Waals surface area contributed by atoms with Crippen LogP contribution in [0, 0.1) is 0 Å². The van der Waals surface area contributed by atoms with Crippen LogP contribution in [-0.4, -0.2) is 24.5 Å². The molecule has 27 heavy (non-hydrogen) atoms. The maximum absolute atomic E-state index is 12.8. The first kappa shape index (κ1) is 21.3. The minimum atomic E-state index is -4.34. The molecule has 148 valence electrons. The summed E-state index contributed by atoms with van der Waals surface area (Å²) in [6, 6.07) is 14.8. The lowest BCUT2D eigenvalue weighted by molar-refractivity contribution is -0.137. The molecule has 2 rings (SSSR count). The van der Waals surface area contributed by atoms with Crippen molar-refractivity contribution >= 4 is 0 Å². The van der Waals surface area contributed by atoms with E-state index in [4.69, 9.17) is 4.74 Å². The Morgan fingerprint density at radius 3 is 2.15 bits per heavy atom. The lowest BCUT2D eigenvalue weighted by Crippen LogP contribution is -2.27. The lowest BCUT2D eigenvalue weighted by Gasteiger charge is -2.25. The van der Waals surface area contributed by atoms with Gasteiger partial charge in [0.1, 0.15) is 11.9 Å². The molecule has 1 atom stereocenters. The predicted octanol–water partition coefficient (Wildman–Crippen LogP) is 6.34. The molecule has 5 heteroatoms. The van der Waals surface area contributed by atoms with E-state index in [0.717, 1.165) is 56.6 Å². The SMILES string of the molecule is CCCCN(CC)CCC(Oc1ccc(C(F)(F)F)cc1)c1ccccc1. The van der Waals surface area contributed by atoms with Gasteiger partial charge in [0.15, 0.2) is 0 Å². The van der Waals surface area contributed by atoms with Gasteiger partial charge in [-0.05, 0) is 49.3 Å². The molecular weight excluding hydrogens is 351 g/mol. The monoisotopic (exact) mass is 379 g/mol. The van der Waals surface area contributed by atoms with Crippen LogP contribution >= 0.6 is 0 Å². The molecule has 2 aromatic carbocycles. The van der Waals surface area contributed by atoms with Gasteiger partial charge in [-0.15, -0.1) is 0 Å². The third-order valence-electron chi connectivity index (χ3n) is 4.61. The standard InChI is InChI=1S/C22H28F3NO/c1-3-5-16-26(4-2)17-15-21(18-9-7-6-8-10-18)27-20-13-11-19(12-14-20)22(23,24)25/h6-14,21H,3-5,15-17H2,1-2H3. The number of alkyl halides is 3. The van der Waals surface area contributed by atoms with E-state index in [9.17, 15) is 13.2 Å². The summed E-state index contributed by atoms with van der Waals surface area (Å²) in [6.07, 6.45) is -1.44. The van der Waals surface area contributed by atoms with Gasteiger partial charge in [0.2, 0.25) is 0 Å². The molecule has 0 N–H and O–H groups in total. The Hall–Kier alpha value is -2.01. The molecule has 0 bridgehead atoms. The first-order chi connectivity index (χ1) is 12.9. The van der Waals surface area contributed by atoms with Crippen molar-refractivity contribution in [3.05, 3.63) is 65.7 Å². The van der Waals surface area contributed by atoms with Gasteiger partial charge in [-0.25, -0.2) is 0 Å². The van der Waals surface area contributed by atoms with Crippen LogP contribution in [0.2, 0.25) is 0 Å². The predicted molar refractivity (Wildman–Crippen MR) is 103 cm³/mol. The van der Waals surface area contributed by atoms with Crippen LogP contribution in [0.3, 0.4) is 0 Å². The van der Waals surface area contributed by atoms with Crippen molar-refractivity contribution in [3.63, 3.8) is 0 Å². The fourth-order valence-corrected chi connectivity index (χ4v) is 2.96. The molecule has 0 saturated heterocycles. The van der Waals surface area contributed by atoms with Gasteiger partial charge in [-0.1, -0.05) is 50.6 Å². The van der Waals surface area contributed by atoms with E-state index >= 15 is 0 Å². The molecular formula is C22H28F3NO. The number of benzene rings is 2. The molecule has 0 amide bonds. The van der Waals surface area contributed by atoms with Crippen LogP contribution in [0.4, 0.5) is 13.2 Å². The minimum Gasteiger partial charge on any atom is -0.486 e. The van der Waals surface area contributed by atoms with Crippen molar-refractivity contribution in [1.29, 1.82) is 0 Å². The highest BCUT2D eigenvalue weighted by atomic mass is 19.4. The third-order valence-corrected chi connectivity index (χ3v) is 4.61. The summed E-state index contributed by atoms with van der Waals surface area (Å²) in [4.78, 5) is 2.38. The smallest absolute Gasteiger partial charge is 0.416 e. The van der Waals surface area contributed by atoms with E-state index in [1.807, 2.05) is 30.3 Å². The quantitative estimate of drug-likeness (QED) is 0.478. The summed E-state index contributed by atoms with van der Waals surface area (Å²) in [6.45, 7) is 7.23. The maximum Gasteiger partial charge on any atom is 0.416 e.